The summed E-state index contributed by atoms with van der Waals surface area (Å²) in [6.07, 6.45) is 16.3. The molecule has 0 amide bonds. The van der Waals surface area contributed by atoms with Crippen LogP contribution in [0.3, 0.4) is 0 Å². The van der Waals surface area contributed by atoms with Gasteiger partial charge in [0.15, 0.2) is 0 Å². The highest BCUT2D eigenvalue weighted by atomic mass is 14.1. The van der Waals surface area contributed by atoms with Crippen LogP contribution in [0.25, 0.3) is 0 Å². The first-order chi connectivity index (χ1) is 5.93. The van der Waals surface area contributed by atoms with Crippen molar-refractivity contribution >= 4 is 0 Å². The molecule has 0 bridgehead atoms. The molecule has 0 aliphatic heterocycles. The molecule has 0 heteroatoms. The van der Waals surface area contributed by atoms with Gasteiger partial charge >= 0.3 is 0 Å². The van der Waals surface area contributed by atoms with E-state index in [9.17, 15) is 0 Å². The van der Waals surface area contributed by atoms with Crippen molar-refractivity contribution in [1.29, 1.82) is 0 Å². The largest absolute Gasteiger partial charge is 0.103 e. The fraction of sp³-hybridized carbons (Fsp3) is 0.667. The molecule has 0 nitrogen and oxygen atoms in total. The lowest BCUT2D eigenvalue weighted by molar-refractivity contribution is 0.540. The van der Waals surface area contributed by atoms with Gasteiger partial charge in [-0.2, -0.15) is 0 Å². The van der Waals surface area contributed by atoms with Crippen molar-refractivity contribution in [1.82, 2.24) is 0 Å². The van der Waals surface area contributed by atoms with Gasteiger partial charge in [0, 0.05) is 0 Å². The summed E-state index contributed by atoms with van der Waals surface area (Å²) in [6, 6.07) is 0. The van der Waals surface area contributed by atoms with Crippen LogP contribution in [0, 0.1) is 5.92 Å². The van der Waals surface area contributed by atoms with Crippen molar-refractivity contribution in [2.45, 2.75) is 44.9 Å². The second-order valence-electron chi connectivity index (χ2n) is 3.70. The maximum absolute atomic E-state index is 3.80. The normalized spacial score (nSPS) is 28.2. The van der Waals surface area contributed by atoms with Gasteiger partial charge in [-0.15, -0.1) is 6.58 Å². The molecule has 1 aliphatic carbocycles. The standard InChI is InChI=1S/C12H20/c1-2-9-12-10-7-5-3-4-6-8-11-12/h2,7,10,12H,1,3-6,8-9,11H2/b10-7-. The summed E-state index contributed by atoms with van der Waals surface area (Å²) in [5.41, 5.74) is 0. The molecule has 0 N–H and O–H groups in total. The fourth-order valence-electron chi connectivity index (χ4n) is 1.82. The van der Waals surface area contributed by atoms with Gasteiger partial charge in [-0.3, -0.25) is 0 Å². The molecule has 0 radical (unpaired) electrons. The lowest BCUT2D eigenvalue weighted by Crippen LogP contribution is -1.93. The Bertz CT molecular complexity index is 144. The van der Waals surface area contributed by atoms with E-state index in [1.54, 1.807) is 0 Å². The minimum Gasteiger partial charge on any atom is -0.103 e. The summed E-state index contributed by atoms with van der Waals surface area (Å²) in [5, 5.41) is 0. The van der Waals surface area contributed by atoms with Gasteiger partial charge in [-0.05, 0) is 31.6 Å². The van der Waals surface area contributed by atoms with Crippen molar-refractivity contribution in [3.8, 4) is 0 Å². The zero-order valence-corrected chi connectivity index (χ0v) is 7.97. The van der Waals surface area contributed by atoms with Crippen LogP contribution in [0.5, 0.6) is 0 Å². The van der Waals surface area contributed by atoms with Crippen LogP contribution < -0.4 is 0 Å². The molecule has 0 aromatic rings. The van der Waals surface area contributed by atoms with E-state index in [1.165, 1.54) is 38.5 Å². The Kier molecular flexibility index (Phi) is 4.82. The summed E-state index contributed by atoms with van der Waals surface area (Å²) in [4.78, 5) is 0. The predicted octanol–water partition coefficient (Wildman–Crippen LogP) is 4.09. The first-order valence-corrected chi connectivity index (χ1v) is 5.21. The van der Waals surface area contributed by atoms with Crippen LogP contribution in [0.4, 0.5) is 0 Å². The summed E-state index contributed by atoms with van der Waals surface area (Å²) in [5.74, 6) is 0.778. The predicted molar refractivity (Wildman–Crippen MR) is 55.1 cm³/mol. The van der Waals surface area contributed by atoms with E-state index in [0.717, 1.165) is 12.3 Å². The molecule has 0 heterocycles. The second-order valence-corrected chi connectivity index (χ2v) is 3.70. The van der Waals surface area contributed by atoms with Crippen LogP contribution in [-0.2, 0) is 0 Å². The Balaban J connectivity index is 2.35. The number of rotatable bonds is 2. The lowest BCUT2D eigenvalue weighted by Gasteiger charge is -2.08. The van der Waals surface area contributed by atoms with Crippen LogP contribution in [0.15, 0.2) is 24.8 Å². The van der Waals surface area contributed by atoms with Crippen molar-refractivity contribution in [2.24, 2.45) is 5.92 Å². The molecule has 0 fully saturated rings. The molecular weight excluding hydrogens is 144 g/mol. The van der Waals surface area contributed by atoms with Gasteiger partial charge in [0.2, 0.25) is 0 Å². The SMILES string of the molecule is C=CCC1/C=C\CCCCCC1. The Labute approximate surface area is 76.4 Å². The average Bonchev–Trinajstić information content (AvgIpc) is 2.19. The molecule has 1 aliphatic rings. The minimum absolute atomic E-state index is 0.778. The highest BCUT2D eigenvalue weighted by Crippen LogP contribution is 2.19. The first-order valence-electron chi connectivity index (χ1n) is 5.21. The fourth-order valence-corrected chi connectivity index (χ4v) is 1.82. The summed E-state index contributed by atoms with van der Waals surface area (Å²) in [7, 11) is 0. The molecule has 1 unspecified atom stereocenters. The average molecular weight is 164 g/mol. The monoisotopic (exact) mass is 164 g/mol. The smallest absolute Gasteiger partial charge is 0.0199 e. The van der Waals surface area contributed by atoms with Gasteiger partial charge in [0.1, 0.15) is 0 Å². The van der Waals surface area contributed by atoms with Gasteiger partial charge in [-0.1, -0.05) is 37.5 Å². The molecule has 0 saturated carbocycles. The van der Waals surface area contributed by atoms with Gasteiger partial charge in [0.05, 0.1) is 0 Å². The minimum atomic E-state index is 0.778. The number of hydrogen-bond donors (Lipinski definition) is 0. The quantitative estimate of drug-likeness (QED) is 0.539. The highest BCUT2D eigenvalue weighted by Gasteiger charge is 2.03. The number of allylic oxidation sites excluding steroid dienone is 3. The van der Waals surface area contributed by atoms with Crippen molar-refractivity contribution < 1.29 is 0 Å². The molecule has 0 aromatic carbocycles. The zero-order chi connectivity index (χ0) is 8.65. The van der Waals surface area contributed by atoms with Crippen LogP contribution >= 0.6 is 0 Å². The van der Waals surface area contributed by atoms with E-state index in [-0.39, 0.29) is 0 Å². The third-order valence-corrected chi connectivity index (χ3v) is 2.57. The van der Waals surface area contributed by atoms with Crippen molar-refractivity contribution in [2.75, 3.05) is 0 Å². The van der Waals surface area contributed by atoms with Crippen LogP contribution in [0.1, 0.15) is 44.9 Å². The second kappa shape index (κ2) is 6.05. The summed E-state index contributed by atoms with van der Waals surface area (Å²) >= 11 is 0. The number of hydrogen-bond acceptors (Lipinski definition) is 0. The Morgan fingerprint density at radius 1 is 1.25 bits per heavy atom. The van der Waals surface area contributed by atoms with E-state index in [0.29, 0.717) is 0 Å². The van der Waals surface area contributed by atoms with Crippen molar-refractivity contribution in [3.63, 3.8) is 0 Å². The van der Waals surface area contributed by atoms with E-state index in [1.807, 2.05) is 6.08 Å². The molecule has 1 rings (SSSR count). The highest BCUT2D eigenvalue weighted by molar-refractivity contribution is 4.92. The van der Waals surface area contributed by atoms with Gasteiger partial charge in [0.25, 0.3) is 0 Å². The molecule has 12 heavy (non-hydrogen) atoms. The molecule has 68 valence electrons. The molecule has 0 aromatic heterocycles. The van der Waals surface area contributed by atoms with Crippen molar-refractivity contribution in [3.05, 3.63) is 24.8 Å². The van der Waals surface area contributed by atoms with E-state index in [2.05, 4.69) is 18.7 Å². The molecule has 0 saturated heterocycles. The first kappa shape index (κ1) is 9.57. The molecular formula is C12H20. The van der Waals surface area contributed by atoms with E-state index in [4.69, 9.17) is 0 Å². The third-order valence-electron chi connectivity index (χ3n) is 2.57. The zero-order valence-electron chi connectivity index (χ0n) is 7.97. The van der Waals surface area contributed by atoms with Crippen LogP contribution in [-0.4, -0.2) is 0 Å². The lowest BCUT2D eigenvalue weighted by atomic mass is 9.98. The van der Waals surface area contributed by atoms with Crippen LogP contribution in [0.2, 0.25) is 0 Å². The summed E-state index contributed by atoms with van der Waals surface area (Å²) in [6.45, 7) is 3.80. The summed E-state index contributed by atoms with van der Waals surface area (Å²) < 4.78 is 0. The Morgan fingerprint density at radius 2 is 2.08 bits per heavy atom. The van der Waals surface area contributed by atoms with Gasteiger partial charge < -0.3 is 0 Å². The van der Waals surface area contributed by atoms with E-state index >= 15 is 0 Å². The molecule has 1 atom stereocenters. The maximum Gasteiger partial charge on any atom is -0.0199 e. The topological polar surface area (TPSA) is 0 Å². The maximum atomic E-state index is 3.80. The van der Waals surface area contributed by atoms with E-state index < -0.39 is 0 Å². The Hall–Kier alpha value is -0.520. The Morgan fingerprint density at radius 3 is 2.92 bits per heavy atom. The third kappa shape index (κ3) is 3.75. The van der Waals surface area contributed by atoms with Gasteiger partial charge in [-0.25, -0.2) is 0 Å². The molecule has 0 spiro atoms.